The van der Waals surface area contributed by atoms with E-state index in [9.17, 15) is 14.3 Å². The van der Waals surface area contributed by atoms with E-state index < -0.39 is 5.95 Å². The average Bonchev–Trinajstić information content (AvgIpc) is 2.73. The van der Waals surface area contributed by atoms with Crippen molar-refractivity contribution in [2.24, 2.45) is 5.92 Å². The number of carbonyl (C=O) groups excluding carboxylic acids is 1. The van der Waals surface area contributed by atoms with Crippen LogP contribution in [0.25, 0.3) is 0 Å². The van der Waals surface area contributed by atoms with Gasteiger partial charge in [-0.15, -0.1) is 0 Å². The van der Waals surface area contributed by atoms with Crippen molar-refractivity contribution < 1.29 is 14.3 Å². The maximum Gasteiger partial charge on any atom is 0.252 e. The predicted molar refractivity (Wildman–Crippen MR) is 59.9 cm³/mol. The number of aliphatic hydroxyl groups excluding tert-OH is 1. The van der Waals surface area contributed by atoms with Gasteiger partial charge in [0.1, 0.15) is 0 Å². The van der Waals surface area contributed by atoms with E-state index in [4.69, 9.17) is 0 Å². The molecule has 0 spiro atoms. The lowest BCUT2D eigenvalue weighted by atomic mass is 10.1. The molecule has 1 heterocycles. The van der Waals surface area contributed by atoms with Crippen molar-refractivity contribution in [1.29, 1.82) is 0 Å². The molecule has 92 valence electrons. The minimum absolute atomic E-state index is 0.232. The fourth-order valence-corrected chi connectivity index (χ4v) is 2.08. The standard InChI is InChI=1S/C12H15FN2O2/c13-11-4-2-9(7-14-11)12(17)15-6-8-1-3-10(16)5-8/h2,4,7-8,10,16H,1,3,5-6H2,(H,15,17). The van der Waals surface area contributed by atoms with E-state index in [2.05, 4.69) is 10.3 Å². The van der Waals surface area contributed by atoms with Gasteiger partial charge in [0.2, 0.25) is 5.95 Å². The molecule has 0 saturated heterocycles. The summed E-state index contributed by atoms with van der Waals surface area (Å²) in [6.45, 7) is 0.549. The van der Waals surface area contributed by atoms with Crippen LogP contribution < -0.4 is 5.32 Å². The Morgan fingerprint density at radius 1 is 1.53 bits per heavy atom. The molecule has 0 radical (unpaired) electrons. The largest absolute Gasteiger partial charge is 0.393 e. The summed E-state index contributed by atoms with van der Waals surface area (Å²) in [6.07, 6.45) is 3.46. The molecule has 1 aliphatic carbocycles. The van der Waals surface area contributed by atoms with E-state index in [0.29, 0.717) is 18.0 Å². The first kappa shape index (κ1) is 12.0. The Morgan fingerprint density at radius 3 is 2.94 bits per heavy atom. The highest BCUT2D eigenvalue weighted by atomic mass is 19.1. The second-order valence-electron chi connectivity index (χ2n) is 4.41. The van der Waals surface area contributed by atoms with Crippen LogP contribution >= 0.6 is 0 Å². The van der Waals surface area contributed by atoms with Crippen LogP contribution in [0.3, 0.4) is 0 Å². The van der Waals surface area contributed by atoms with Crippen LogP contribution in [0.5, 0.6) is 0 Å². The summed E-state index contributed by atoms with van der Waals surface area (Å²) in [5, 5.41) is 12.1. The topological polar surface area (TPSA) is 62.2 Å². The molecule has 1 amide bonds. The predicted octanol–water partition coefficient (Wildman–Crippen LogP) is 1.11. The zero-order valence-electron chi connectivity index (χ0n) is 9.40. The Morgan fingerprint density at radius 2 is 2.35 bits per heavy atom. The van der Waals surface area contributed by atoms with Crippen LogP contribution in [-0.4, -0.2) is 28.6 Å². The number of rotatable bonds is 3. The number of aromatic nitrogens is 1. The van der Waals surface area contributed by atoms with Crippen LogP contribution in [0.15, 0.2) is 18.3 Å². The van der Waals surface area contributed by atoms with Gasteiger partial charge in [0.05, 0.1) is 11.7 Å². The molecule has 2 rings (SSSR count). The Kier molecular flexibility index (Phi) is 3.68. The van der Waals surface area contributed by atoms with Gasteiger partial charge in [-0.2, -0.15) is 4.39 Å². The molecular weight excluding hydrogens is 223 g/mol. The summed E-state index contributed by atoms with van der Waals surface area (Å²) in [4.78, 5) is 15.1. The third kappa shape index (κ3) is 3.23. The number of nitrogens with one attached hydrogen (secondary N) is 1. The highest BCUT2D eigenvalue weighted by Gasteiger charge is 2.23. The highest BCUT2D eigenvalue weighted by Crippen LogP contribution is 2.24. The molecule has 0 aromatic carbocycles. The monoisotopic (exact) mass is 238 g/mol. The number of hydrogen-bond donors (Lipinski definition) is 2. The molecule has 2 atom stereocenters. The van der Waals surface area contributed by atoms with Gasteiger partial charge in [-0.25, -0.2) is 4.98 Å². The molecule has 1 fully saturated rings. The minimum Gasteiger partial charge on any atom is -0.393 e. The number of hydrogen-bond acceptors (Lipinski definition) is 3. The van der Waals surface area contributed by atoms with Gasteiger partial charge in [0.15, 0.2) is 0 Å². The summed E-state index contributed by atoms with van der Waals surface area (Å²) in [7, 11) is 0. The average molecular weight is 238 g/mol. The number of nitrogens with zero attached hydrogens (tertiary/aromatic N) is 1. The lowest BCUT2D eigenvalue weighted by Crippen LogP contribution is -2.28. The Hall–Kier alpha value is -1.49. The number of halogens is 1. The number of pyridine rings is 1. The van der Waals surface area contributed by atoms with Crippen molar-refractivity contribution in [2.45, 2.75) is 25.4 Å². The summed E-state index contributed by atoms with van der Waals surface area (Å²) >= 11 is 0. The molecule has 2 N–H and O–H groups in total. The van der Waals surface area contributed by atoms with Crippen molar-refractivity contribution in [3.8, 4) is 0 Å². The van der Waals surface area contributed by atoms with E-state index >= 15 is 0 Å². The zero-order valence-corrected chi connectivity index (χ0v) is 9.40. The molecule has 17 heavy (non-hydrogen) atoms. The van der Waals surface area contributed by atoms with Crippen LogP contribution in [0.2, 0.25) is 0 Å². The molecule has 1 aliphatic rings. The summed E-state index contributed by atoms with van der Waals surface area (Å²) in [5.74, 6) is -0.512. The van der Waals surface area contributed by atoms with E-state index in [1.807, 2.05) is 0 Å². The normalized spacial score (nSPS) is 23.6. The van der Waals surface area contributed by atoms with Gasteiger partial charge < -0.3 is 10.4 Å². The van der Waals surface area contributed by atoms with Gasteiger partial charge in [-0.05, 0) is 37.3 Å². The van der Waals surface area contributed by atoms with Crippen molar-refractivity contribution >= 4 is 5.91 Å². The van der Waals surface area contributed by atoms with Crippen molar-refractivity contribution in [3.63, 3.8) is 0 Å². The van der Waals surface area contributed by atoms with Crippen molar-refractivity contribution in [2.75, 3.05) is 6.54 Å². The van der Waals surface area contributed by atoms with E-state index in [1.165, 1.54) is 12.3 Å². The Bertz CT molecular complexity index is 394. The molecule has 0 aliphatic heterocycles. The lowest BCUT2D eigenvalue weighted by molar-refractivity contribution is 0.0944. The van der Waals surface area contributed by atoms with Crippen molar-refractivity contribution in [1.82, 2.24) is 10.3 Å². The molecule has 1 saturated carbocycles. The van der Waals surface area contributed by atoms with E-state index in [-0.39, 0.29) is 12.0 Å². The number of aliphatic hydroxyl groups is 1. The molecule has 1 aromatic rings. The summed E-state index contributed by atoms with van der Waals surface area (Å²) < 4.78 is 12.6. The van der Waals surface area contributed by atoms with Gasteiger partial charge in [0, 0.05) is 12.7 Å². The highest BCUT2D eigenvalue weighted by molar-refractivity contribution is 5.93. The van der Waals surface area contributed by atoms with Gasteiger partial charge in [0.25, 0.3) is 5.91 Å². The molecule has 4 nitrogen and oxygen atoms in total. The molecular formula is C12H15FN2O2. The number of amides is 1. The first-order chi connectivity index (χ1) is 8.15. The Labute approximate surface area is 98.9 Å². The Balaban J connectivity index is 1.83. The third-order valence-electron chi connectivity index (χ3n) is 3.05. The van der Waals surface area contributed by atoms with Crippen LogP contribution in [0.1, 0.15) is 29.6 Å². The molecule has 2 unspecified atom stereocenters. The summed E-state index contributed by atoms with van der Waals surface area (Å²) in [6, 6.07) is 2.56. The first-order valence-corrected chi connectivity index (χ1v) is 5.73. The van der Waals surface area contributed by atoms with E-state index in [1.54, 1.807) is 0 Å². The molecule has 5 heteroatoms. The minimum atomic E-state index is -0.597. The third-order valence-corrected chi connectivity index (χ3v) is 3.05. The van der Waals surface area contributed by atoms with Gasteiger partial charge >= 0.3 is 0 Å². The molecule has 1 aromatic heterocycles. The maximum atomic E-state index is 12.6. The van der Waals surface area contributed by atoms with Gasteiger partial charge in [-0.1, -0.05) is 0 Å². The molecule has 0 bridgehead atoms. The second kappa shape index (κ2) is 5.23. The van der Waals surface area contributed by atoms with Crippen LogP contribution in [-0.2, 0) is 0 Å². The first-order valence-electron chi connectivity index (χ1n) is 5.73. The second-order valence-corrected chi connectivity index (χ2v) is 4.41. The smallest absolute Gasteiger partial charge is 0.252 e. The lowest BCUT2D eigenvalue weighted by Gasteiger charge is -2.10. The van der Waals surface area contributed by atoms with Crippen molar-refractivity contribution in [3.05, 3.63) is 29.8 Å². The van der Waals surface area contributed by atoms with Crippen LogP contribution in [0, 0.1) is 11.9 Å². The fraction of sp³-hybridized carbons (Fsp3) is 0.500. The zero-order chi connectivity index (χ0) is 12.3. The number of carbonyl (C=O) groups is 1. The van der Waals surface area contributed by atoms with Gasteiger partial charge in [-0.3, -0.25) is 4.79 Å². The van der Waals surface area contributed by atoms with Crippen LogP contribution in [0.4, 0.5) is 4.39 Å². The SMILES string of the molecule is O=C(NCC1CCC(O)C1)c1ccc(F)nc1. The summed E-state index contributed by atoms with van der Waals surface area (Å²) in [5.41, 5.74) is 0.352. The maximum absolute atomic E-state index is 12.6. The van der Waals surface area contributed by atoms with E-state index in [0.717, 1.165) is 25.3 Å². The quantitative estimate of drug-likeness (QED) is 0.775. The fourth-order valence-electron chi connectivity index (χ4n) is 2.08.